The first-order valence-electron chi connectivity index (χ1n) is 6.38. The average molecular weight is 247 g/mol. The second kappa shape index (κ2) is 4.71. The Balaban J connectivity index is 2.50. The lowest BCUT2D eigenvalue weighted by Crippen LogP contribution is -2.27. The van der Waals surface area contributed by atoms with E-state index in [0.29, 0.717) is 13.1 Å². The lowest BCUT2D eigenvalue weighted by Gasteiger charge is -2.17. The minimum atomic E-state index is -0.458. The summed E-state index contributed by atoms with van der Waals surface area (Å²) in [5.74, 6) is 0.0566. The third kappa shape index (κ3) is 2.02. The van der Waals surface area contributed by atoms with Gasteiger partial charge in [0.2, 0.25) is 5.91 Å². The Morgan fingerprint density at radius 1 is 1.11 bits per heavy atom. The Labute approximate surface area is 108 Å². The molecule has 0 saturated carbocycles. The normalized spacial score (nSPS) is 16.6. The first kappa shape index (κ1) is 13.1. The van der Waals surface area contributed by atoms with Crippen LogP contribution in [0.3, 0.4) is 0 Å². The number of hydrogen-bond donors (Lipinski definition) is 3. The fraction of sp³-hybridized carbons (Fsp3) is 0.500. The van der Waals surface area contributed by atoms with Gasteiger partial charge in [-0.25, -0.2) is 0 Å². The lowest BCUT2D eigenvalue weighted by molar-refractivity contribution is -0.119. The Bertz CT molecular complexity index is 480. The number of rotatable bonds is 4. The number of hydrogen-bond acceptors (Lipinski definition) is 3. The summed E-state index contributed by atoms with van der Waals surface area (Å²) in [5.41, 5.74) is 15.2. The van der Waals surface area contributed by atoms with E-state index in [1.165, 1.54) is 11.1 Å². The van der Waals surface area contributed by atoms with Crippen LogP contribution in [0.25, 0.3) is 0 Å². The summed E-state index contributed by atoms with van der Waals surface area (Å²) in [6, 6.07) is 4.17. The predicted octanol–water partition coefficient (Wildman–Crippen LogP) is 0.919. The number of fused-ring (bicyclic) bond motifs is 1. The molecule has 0 radical (unpaired) electrons. The van der Waals surface area contributed by atoms with Crippen molar-refractivity contribution in [3.8, 4) is 0 Å². The van der Waals surface area contributed by atoms with Crippen LogP contribution in [0.1, 0.15) is 30.5 Å². The number of nitrogens with one attached hydrogen (secondary N) is 1. The van der Waals surface area contributed by atoms with Crippen molar-refractivity contribution in [2.75, 3.05) is 18.4 Å². The van der Waals surface area contributed by atoms with E-state index in [0.717, 1.165) is 24.1 Å². The summed E-state index contributed by atoms with van der Waals surface area (Å²) < 4.78 is 0. The Hall–Kier alpha value is -1.39. The zero-order valence-corrected chi connectivity index (χ0v) is 11.0. The predicted molar refractivity (Wildman–Crippen MR) is 73.6 cm³/mol. The third-order valence-electron chi connectivity index (χ3n) is 3.66. The van der Waals surface area contributed by atoms with Gasteiger partial charge in [-0.2, -0.15) is 0 Å². The maximum absolute atomic E-state index is 11.9. The summed E-state index contributed by atoms with van der Waals surface area (Å²) >= 11 is 0. The van der Waals surface area contributed by atoms with Gasteiger partial charge in [0.05, 0.1) is 5.41 Å². The van der Waals surface area contributed by atoms with Crippen LogP contribution >= 0.6 is 0 Å². The number of anilines is 1. The van der Waals surface area contributed by atoms with Crippen LogP contribution < -0.4 is 16.8 Å². The molecule has 4 heteroatoms. The van der Waals surface area contributed by atoms with Crippen molar-refractivity contribution in [1.29, 1.82) is 0 Å². The van der Waals surface area contributed by atoms with Crippen LogP contribution in [0, 0.1) is 0 Å². The van der Waals surface area contributed by atoms with Gasteiger partial charge >= 0.3 is 0 Å². The van der Waals surface area contributed by atoms with Gasteiger partial charge in [-0.1, -0.05) is 6.07 Å². The Kier molecular flexibility index (Phi) is 3.41. The zero-order chi connectivity index (χ0) is 13.3. The molecule has 0 spiro atoms. The monoisotopic (exact) mass is 247 g/mol. The molecule has 0 aliphatic carbocycles. The molecule has 2 rings (SSSR count). The topological polar surface area (TPSA) is 81.1 Å². The number of nitrogens with two attached hydrogens (primary N) is 2. The smallest absolute Gasteiger partial charge is 0.234 e. The van der Waals surface area contributed by atoms with E-state index in [-0.39, 0.29) is 5.91 Å². The van der Waals surface area contributed by atoms with Crippen LogP contribution in [0.5, 0.6) is 0 Å². The van der Waals surface area contributed by atoms with Gasteiger partial charge in [0.1, 0.15) is 0 Å². The van der Waals surface area contributed by atoms with E-state index in [2.05, 4.69) is 17.4 Å². The van der Waals surface area contributed by atoms with Crippen molar-refractivity contribution in [1.82, 2.24) is 0 Å². The van der Waals surface area contributed by atoms with E-state index >= 15 is 0 Å². The van der Waals surface area contributed by atoms with Crippen LogP contribution in [-0.2, 0) is 23.1 Å². The van der Waals surface area contributed by atoms with Crippen molar-refractivity contribution >= 4 is 11.6 Å². The van der Waals surface area contributed by atoms with E-state index in [1.54, 1.807) is 0 Å². The van der Waals surface area contributed by atoms with E-state index in [1.807, 2.05) is 13.8 Å². The molecule has 1 aromatic rings. The standard InChI is InChI=1S/C14H21N3O/c1-14(2)11-7-9(3-5-15)10(4-6-16)8-12(11)17-13(14)18/h7-8H,3-6,15-16H2,1-2H3,(H,17,18). The minimum absolute atomic E-state index is 0.0566. The molecule has 0 bridgehead atoms. The maximum Gasteiger partial charge on any atom is 0.234 e. The Morgan fingerprint density at radius 3 is 2.22 bits per heavy atom. The van der Waals surface area contributed by atoms with Crippen molar-refractivity contribution in [3.05, 3.63) is 28.8 Å². The molecule has 1 aliphatic rings. The summed E-state index contributed by atoms with van der Waals surface area (Å²) in [6.45, 7) is 5.11. The highest BCUT2D eigenvalue weighted by molar-refractivity contribution is 6.05. The molecule has 4 nitrogen and oxygen atoms in total. The van der Waals surface area contributed by atoms with Crippen LogP contribution in [0.15, 0.2) is 12.1 Å². The van der Waals surface area contributed by atoms with Crippen LogP contribution in [0.4, 0.5) is 5.69 Å². The number of benzene rings is 1. The van der Waals surface area contributed by atoms with Gasteiger partial charge in [-0.3, -0.25) is 4.79 Å². The SMILES string of the molecule is CC1(C)C(=O)Nc2cc(CCN)c(CCN)cc21. The van der Waals surface area contributed by atoms with Gasteiger partial charge in [0.15, 0.2) is 0 Å². The first-order chi connectivity index (χ1) is 8.50. The molecule has 0 atom stereocenters. The molecule has 0 unspecified atom stereocenters. The molecule has 18 heavy (non-hydrogen) atoms. The highest BCUT2D eigenvalue weighted by Crippen LogP contribution is 2.39. The summed E-state index contributed by atoms with van der Waals surface area (Å²) in [7, 11) is 0. The maximum atomic E-state index is 11.9. The summed E-state index contributed by atoms with van der Waals surface area (Å²) in [4.78, 5) is 11.9. The second-order valence-corrected chi connectivity index (χ2v) is 5.32. The molecular formula is C14H21N3O. The molecule has 98 valence electrons. The van der Waals surface area contributed by atoms with Gasteiger partial charge in [0, 0.05) is 5.69 Å². The average Bonchev–Trinajstić information content (AvgIpc) is 2.52. The molecule has 0 fully saturated rings. The molecule has 5 N–H and O–H groups in total. The molecule has 1 aromatic carbocycles. The Morgan fingerprint density at radius 2 is 1.67 bits per heavy atom. The molecule has 0 aromatic heterocycles. The number of carbonyl (C=O) groups is 1. The van der Waals surface area contributed by atoms with E-state index in [9.17, 15) is 4.79 Å². The highest BCUT2D eigenvalue weighted by Gasteiger charge is 2.38. The largest absolute Gasteiger partial charge is 0.330 e. The van der Waals surface area contributed by atoms with Gasteiger partial charge in [-0.15, -0.1) is 0 Å². The van der Waals surface area contributed by atoms with Crippen molar-refractivity contribution in [3.63, 3.8) is 0 Å². The molecule has 1 heterocycles. The molecule has 1 amide bonds. The van der Waals surface area contributed by atoms with Gasteiger partial charge in [-0.05, 0) is 62.5 Å². The van der Waals surface area contributed by atoms with Crippen LogP contribution in [-0.4, -0.2) is 19.0 Å². The molecule has 1 aliphatic heterocycles. The summed E-state index contributed by atoms with van der Waals surface area (Å²) in [6.07, 6.45) is 1.64. The van der Waals surface area contributed by atoms with Crippen LogP contribution in [0.2, 0.25) is 0 Å². The quantitative estimate of drug-likeness (QED) is 0.740. The van der Waals surface area contributed by atoms with Gasteiger partial charge < -0.3 is 16.8 Å². The fourth-order valence-corrected chi connectivity index (χ4v) is 2.49. The molecule has 0 saturated heterocycles. The van der Waals surface area contributed by atoms with E-state index in [4.69, 9.17) is 11.5 Å². The minimum Gasteiger partial charge on any atom is -0.330 e. The number of amides is 1. The van der Waals surface area contributed by atoms with Crippen molar-refractivity contribution in [2.24, 2.45) is 11.5 Å². The third-order valence-corrected chi connectivity index (χ3v) is 3.66. The number of carbonyl (C=O) groups excluding carboxylic acids is 1. The summed E-state index contributed by atoms with van der Waals surface area (Å²) in [5, 5.41) is 2.94. The van der Waals surface area contributed by atoms with Gasteiger partial charge in [0.25, 0.3) is 0 Å². The fourth-order valence-electron chi connectivity index (χ4n) is 2.49. The first-order valence-corrected chi connectivity index (χ1v) is 6.38. The molecular weight excluding hydrogens is 226 g/mol. The second-order valence-electron chi connectivity index (χ2n) is 5.32. The van der Waals surface area contributed by atoms with Crippen molar-refractivity contribution in [2.45, 2.75) is 32.1 Å². The van der Waals surface area contributed by atoms with Crippen molar-refractivity contribution < 1.29 is 4.79 Å². The highest BCUT2D eigenvalue weighted by atomic mass is 16.2. The van der Waals surface area contributed by atoms with E-state index < -0.39 is 5.41 Å². The lowest BCUT2D eigenvalue weighted by atomic mass is 9.84. The zero-order valence-electron chi connectivity index (χ0n) is 11.0.